The van der Waals surface area contributed by atoms with E-state index in [2.05, 4.69) is 28.8 Å². The smallest absolute Gasteiger partial charge is 0.211 e. The number of hydrogen-bond acceptors (Lipinski definition) is 4. The maximum Gasteiger partial charge on any atom is 0.211 e. The second kappa shape index (κ2) is 8.75. The minimum absolute atomic E-state index is 0.0568. The van der Waals surface area contributed by atoms with Gasteiger partial charge in [-0.25, -0.2) is 8.42 Å². The number of nitrogens with one attached hydrogen (secondary N) is 2. The molecule has 2 fully saturated rings. The monoisotopic (exact) mass is 434 g/mol. The van der Waals surface area contributed by atoms with Crippen molar-refractivity contribution in [1.82, 2.24) is 14.9 Å². The Morgan fingerprint density at radius 3 is 2.77 bits per heavy atom. The van der Waals surface area contributed by atoms with E-state index in [1.165, 1.54) is 24.7 Å². The molecule has 1 spiro atoms. The van der Waals surface area contributed by atoms with E-state index in [0.29, 0.717) is 13.1 Å². The number of nitrogens with zero attached hydrogens (tertiary/aromatic N) is 2. The molecule has 0 radical (unpaired) electrons. The lowest BCUT2D eigenvalue weighted by Gasteiger charge is -2.40. The van der Waals surface area contributed by atoms with Crippen molar-refractivity contribution in [2.45, 2.75) is 69.6 Å². The van der Waals surface area contributed by atoms with Crippen molar-refractivity contribution in [3.05, 3.63) is 29.8 Å². The van der Waals surface area contributed by atoms with Crippen LogP contribution < -0.4 is 15.4 Å². The van der Waals surface area contributed by atoms with E-state index in [1.54, 1.807) is 4.31 Å². The summed E-state index contributed by atoms with van der Waals surface area (Å²) in [5, 5.41) is 6.98. The van der Waals surface area contributed by atoms with Crippen molar-refractivity contribution >= 4 is 16.0 Å². The summed E-state index contributed by atoms with van der Waals surface area (Å²) in [6.07, 6.45) is 8.59. The topological polar surface area (TPSA) is 83.0 Å². The van der Waals surface area contributed by atoms with Crippen LogP contribution in [0.15, 0.2) is 29.3 Å². The van der Waals surface area contributed by atoms with E-state index < -0.39 is 10.0 Å². The minimum atomic E-state index is -3.19. The average molecular weight is 435 g/mol. The summed E-state index contributed by atoms with van der Waals surface area (Å²) in [5.74, 6) is 1.71. The number of benzene rings is 1. The first kappa shape index (κ1) is 21.4. The van der Waals surface area contributed by atoms with Gasteiger partial charge in [0.15, 0.2) is 5.96 Å². The third-order valence-electron chi connectivity index (χ3n) is 6.58. The highest BCUT2D eigenvalue weighted by atomic mass is 32.2. The Morgan fingerprint density at radius 2 is 2.03 bits per heavy atom. The molecule has 1 unspecified atom stereocenters. The predicted molar refractivity (Wildman–Crippen MR) is 119 cm³/mol. The molecule has 1 saturated carbocycles. The maximum absolute atomic E-state index is 12.0. The Hall–Kier alpha value is -1.80. The number of rotatable bonds is 5. The molecule has 8 heteroatoms. The van der Waals surface area contributed by atoms with Crippen LogP contribution in [0.3, 0.4) is 0 Å². The van der Waals surface area contributed by atoms with Crippen molar-refractivity contribution in [1.29, 1.82) is 0 Å². The Bertz CT molecular complexity index is 880. The van der Waals surface area contributed by atoms with Gasteiger partial charge in [0.2, 0.25) is 10.0 Å². The van der Waals surface area contributed by atoms with Crippen LogP contribution in [-0.4, -0.2) is 56.2 Å². The van der Waals surface area contributed by atoms with Gasteiger partial charge in [0.05, 0.1) is 18.8 Å². The molecular formula is C22H34N4O3S. The van der Waals surface area contributed by atoms with Crippen LogP contribution in [0.5, 0.6) is 5.75 Å². The molecule has 1 saturated heterocycles. The summed E-state index contributed by atoms with van der Waals surface area (Å²) in [5.41, 5.74) is 1.08. The fraction of sp³-hybridized carbons (Fsp3) is 0.682. The van der Waals surface area contributed by atoms with Crippen LogP contribution in [0.2, 0.25) is 0 Å². The normalized spacial score (nSPS) is 26.4. The molecule has 166 valence electrons. The van der Waals surface area contributed by atoms with Crippen LogP contribution in [-0.2, 0) is 10.0 Å². The molecule has 4 rings (SSSR count). The van der Waals surface area contributed by atoms with E-state index in [9.17, 15) is 8.42 Å². The van der Waals surface area contributed by atoms with Crippen LogP contribution in [0.25, 0.3) is 0 Å². The van der Waals surface area contributed by atoms with Gasteiger partial charge in [-0.1, -0.05) is 18.2 Å². The summed E-state index contributed by atoms with van der Waals surface area (Å²) in [6.45, 7) is 3.87. The molecule has 3 aliphatic rings. The third kappa shape index (κ3) is 4.59. The fourth-order valence-corrected chi connectivity index (χ4v) is 6.36. The number of fused-ring (bicyclic) bond motifs is 1. The van der Waals surface area contributed by atoms with Crippen LogP contribution >= 0.6 is 0 Å². The molecule has 0 bridgehead atoms. The first-order valence-electron chi connectivity index (χ1n) is 11.2. The van der Waals surface area contributed by atoms with Gasteiger partial charge in [-0.3, -0.25) is 4.99 Å². The molecule has 7 nitrogen and oxygen atoms in total. The SMILES string of the molecule is CCNC(=NC[C@H]1CCCN1S(C)(=O)=O)NC1CC2(CCCC2)Oc2ccccc21. The summed E-state index contributed by atoms with van der Waals surface area (Å²) in [7, 11) is -3.19. The lowest BCUT2D eigenvalue weighted by molar-refractivity contribution is 0.0396. The number of para-hydroxylation sites is 1. The minimum Gasteiger partial charge on any atom is -0.487 e. The molecule has 30 heavy (non-hydrogen) atoms. The number of sulfonamides is 1. The van der Waals surface area contributed by atoms with Crippen molar-refractivity contribution in [2.75, 3.05) is 25.9 Å². The highest BCUT2D eigenvalue weighted by molar-refractivity contribution is 7.88. The van der Waals surface area contributed by atoms with Crippen LogP contribution in [0.4, 0.5) is 0 Å². The summed E-state index contributed by atoms with van der Waals surface area (Å²) in [4.78, 5) is 4.79. The number of ether oxygens (including phenoxy) is 1. The standard InChI is InChI=1S/C22H34N4O3S/c1-3-23-21(24-16-17-9-8-14-26(17)30(2,27)28)25-19-15-22(12-6-7-13-22)29-20-11-5-4-10-18(19)20/h4-5,10-11,17,19H,3,6-9,12-16H2,1-2H3,(H2,23,24,25)/t17-,19?/m1/s1. The lowest BCUT2D eigenvalue weighted by Crippen LogP contribution is -2.47. The highest BCUT2D eigenvalue weighted by Gasteiger charge is 2.43. The zero-order valence-electron chi connectivity index (χ0n) is 18.1. The lowest BCUT2D eigenvalue weighted by atomic mass is 9.86. The summed E-state index contributed by atoms with van der Waals surface area (Å²) < 4.78 is 32.2. The van der Waals surface area contributed by atoms with E-state index >= 15 is 0 Å². The second-order valence-electron chi connectivity index (χ2n) is 8.82. The van der Waals surface area contributed by atoms with Gasteiger partial charge in [-0.2, -0.15) is 4.31 Å². The zero-order valence-corrected chi connectivity index (χ0v) is 18.9. The average Bonchev–Trinajstić information content (AvgIpc) is 3.36. The van der Waals surface area contributed by atoms with E-state index in [4.69, 9.17) is 9.73 Å². The molecule has 0 aromatic heterocycles. The quantitative estimate of drug-likeness (QED) is 0.550. The van der Waals surface area contributed by atoms with E-state index in [-0.39, 0.29) is 17.7 Å². The number of hydrogen-bond donors (Lipinski definition) is 2. The molecule has 1 aromatic rings. The van der Waals surface area contributed by atoms with E-state index in [0.717, 1.165) is 50.4 Å². The van der Waals surface area contributed by atoms with Crippen molar-refractivity contribution in [3.8, 4) is 5.75 Å². The van der Waals surface area contributed by atoms with Crippen molar-refractivity contribution < 1.29 is 13.2 Å². The first-order chi connectivity index (χ1) is 14.4. The predicted octanol–water partition coefficient (Wildman–Crippen LogP) is 2.80. The summed E-state index contributed by atoms with van der Waals surface area (Å²) in [6, 6.07) is 8.34. The first-order valence-corrected chi connectivity index (χ1v) is 13.0. The van der Waals surface area contributed by atoms with Gasteiger partial charge in [0.1, 0.15) is 11.4 Å². The molecule has 2 atom stereocenters. The third-order valence-corrected chi connectivity index (χ3v) is 7.91. The van der Waals surface area contributed by atoms with Gasteiger partial charge < -0.3 is 15.4 Å². The summed E-state index contributed by atoms with van der Waals surface area (Å²) >= 11 is 0. The van der Waals surface area contributed by atoms with Crippen LogP contribution in [0, 0.1) is 0 Å². The largest absolute Gasteiger partial charge is 0.487 e. The zero-order chi connectivity index (χ0) is 21.2. The number of guanidine groups is 1. The molecule has 1 aromatic carbocycles. The van der Waals surface area contributed by atoms with Crippen molar-refractivity contribution in [3.63, 3.8) is 0 Å². The van der Waals surface area contributed by atoms with Gasteiger partial charge in [-0.15, -0.1) is 0 Å². The molecular weight excluding hydrogens is 400 g/mol. The molecule has 2 heterocycles. The fourth-order valence-electron chi connectivity index (χ4n) is 5.18. The van der Waals surface area contributed by atoms with Crippen molar-refractivity contribution in [2.24, 2.45) is 4.99 Å². The Labute approximate surface area is 180 Å². The van der Waals surface area contributed by atoms with Gasteiger partial charge in [0.25, 0.3) is 0 Å². The van der Waals surface area contributed by atoms with Gasteiger partial charge in [-0.05, 0) is 51.5 Å². The van der Waals surface area contributed by atoms with Gasteiger partial charge >= 0.3 is 0 Å². The van der Waals surface area contributed by atoms with Crippen LogP contribution in [0.1, 0.15) is 63.5 Å². The molecule has 0 amide bonds. The molecule has 1 aliphatic carbocycles. The number of aliphatic imine (C=N–C) groups is 1. The maximum atomic E-state index is 12.0. The molecule has 2 aliphatic heterocycles. The van der Waals surface area contributed by atoms with Gasteiger partial charge in [0, 0.05) is 31.1 Å². The molecule has 2 N–H and O–H groups in total. The Balaban J connectivity index is 1.53. The van der Waals surface area contributed by atoms with E-state index in [1.807, 2.05) is 13.0 Å². The highest BCUT2D eigenvalue weighted by Crippen LogP contribution is 2.46. The second-order valence-corrected chi connectivity index (χ2v) is 10.8. The Morgan fingerprint density at radius 1 is 1.27 bits per heavy atom. The Kier molecular flexibility index (Phi) is 6.25.